The van der Waals surface area contributed by atoms with Crippen LogP contribution in [0.2, 0.25) is 0 Å². The molecule has 58 valence electrons. The minimum atomic E-state index is -0.389. The second-order valence-corrected chi connectivity index (χ2v) is 2.84. The Hall–Kier alpha value is -0.900. The van der Waals surface area contributed by atoms with Crippen molar-refractivity contribution < 1.29 is 4.39 Å². The fraction of sp³-hybridized carbons (Fsp3) is 0. The molecule has 11 heavy (non-hydrogen) atoms. The van der Waals surface area contributed by atoms with E-state index in [1.54, 1.807) is 0 Å². The number of anilines is 1. The Bertz CT molecular complexity index is 298. The summed E-state index contributed by atoms with van der Waals surface area (Å²) in [4.78, 5) is 0. The summed E-state index contributed by atoms with van der Waals surface area (Å²) in [5.41, 5.74) is 6.19. The summed E-state index contributed by atoms with van der Waals surface area (Å²) >= 11 is 2.94. The molecule has 3 N–H and O–H groups in total. The van der Waals surface area contributed by atoms with Gasteiger partial charge in [0.15, 0.2) is 0 Å². The normalized spacial score (nSPS) is 9.64. The van der Waals surface area contributed by atoms with E-state index in [2.05, 4.69) is 15.9 Å². The lowest BCUT2D eigenvalue weighted by Crippen LogP contribution is -1.97. The zero-order valence-corrected chi connectivity index (χ0v) is 7.15. The summed E-state index contributed by atoms with van der Waals surface area (Å²) in [5, 5.41) is 7.16. The van der Waals surface area contributed by atoms with Gasteiger partial charge in [-0.2, -0.15) is 0 Å². The van der Waals surface area contributed by atoms with Gasteiger partial charge in [-0.25, -0.2) is 4.39 Å². The first-order valence-corrected chi connectivity index (χ1v) is 3.70. The van der Waals surface area contributed by atoms with Crippen LogP contribution in [0.15, 0.2) is 18.2 Å². The Kier molecular flexibility index (Phi) is 2.24. The first-order chi connectivity index (χ1) is 5.11. The van der Waals surface area contributed by atoms with E-state index in [-0.39, 0.29) is 16.1 Å². The zero-order valence-electron chi connectivity index (χ0n) is 5.57. The van der Waals surface area contributed by atoms with Crippen LogP contribution in [0.25, 0.3) is 0 Å². The summed E-state index contributed by atoms with van der Waals surface area (Å²) in [6, 6.07) is 3.91. The lowest BCUT2D eigenvalue weighted by atomic mass is 10.2. The molecule has 0 amide bonds. The van der Waals surface area contributed by atoms with Crippen molar-refractivity contribution in [3.63, 3.8) is 0 Å². The van der Waals surface area contributed by atoms with Crippen molar-refractivity contribution in [3.8, 4) is 0 Å². The SMILES string of the molecule is N=C(Br)c1ccc(F)cc1N. The number of nitrogens with two attached hydrogens (primary N) is 1. The third-order valence-electron chi connectivity index (χ3n) is 1.25. The van der Waals surface area contributed by atoms with Crippen molar-refractivity contribution in [2.24, 2.45) is 0 Å². The van der Waals surface area contributed by atoms with E-state index >= 15 is 0 Å². The molecule has 0 saturated heterocycles. The highest BCUT2D eigenvalue weighted by atomic mass is 79.9. The number of nitrogens with one attached hydrogen (secondary N) is 1. The summed E-state index contributed by atoms with van der Waals surface area (Å²) in [6.45, 7) is 0. The smallest absolute Gasteiger partial charge is 0.125 e. The number of rotatable bonds is 1. The molecule has 0 atom stereocenters. The van der Waals surface area contributed by atoms with Gasteiger partial charge in [0.05, 0.1) is 0 Å². The molecule has 0 saturated carbocycles. The Labute approximate surface area is 71.9 Å². The van der Waals surface area contributed by atoms with Gasteiger partial charge in [0, 0.05) is 11.3 Å². The van der Waals surface area contributed by atoms with E-state index in [0.29, 0.717) is 5.56 Å². The van der Waals surface area contributed by atoms with Crippen molar-refractivity contribution in [2.45, 2.75) is 0 Å². The molecule has 1 aromatic rings. The van der Waals surface area contributed by atoms with Crippen LogP contribution in [0.1, 0.15) is 5.56 Å². The van der Waals surface area contributed by atoms with Gasteiger partial charge in [-0.1, -0.05) is 0 Å². The molecular weight excluding hydrogens is 211 g/mol. The topological polar surface area (TPSA) is 49.9 Å². The van der Waals surface area contributed by atoms with Crippen molar-refractivity contribution >= 4 is 26.2 Å². The molecule has 4 heteroatoms. The van der Waals surface area contributed by atoms with Gasteiger partial charge >= 0.3 is 0 Å². The highest BCUT2D eigenvalue weighted by molar-refractivity contribution is 9.18. The van der Waals surface area contributed by atoms with Crippen LogP contribution in [0.4, 0.5) is 10.1 Å². The third kappa shape index (κ3) is 1.77. The molecule has 0 fully saturated rings. The van der Waals surface area contributed by atoms with E-state index in [1.807, 2.05) is 0 Å². The third-order valence-corrected chi connectivity index (χ3v) is 1.68. The van der Waals surface area contributed by atoms with Crippen LogP contribution in [0.5, 0.6) is 0 Å². The van der Waals surface area contributed by atoms with E-state index in [0.717, 1.165) is 0 Å². The Morgan fingerprint density at radius 1 is 1.55 bits per heavy atom. The van der Waals surface area contributed by atoms with Gasteiger partial charge in [0.1, 0.15) is 10.4 Å². The van der Waals surface area contributed by atoms with Gasteiger partial charge in [-0.15, -0.1) is 0 Å². The van der Waals surface area contributed by atoms with Crippen molar-refractivity contribution in [2.75, 3.05) is 5.73 Å². The van der Waals surface area contributed by atoms with Crippen LogP contribution < -0.4 is 5.73 Å². The second-order valence-electron chi connectivity index (χ2n) is 2.05. The highest BCUT2D eigenvalue weighted by Crippen LogP contribution is 2.15. The number of benzene rings is 1. The largest absolute Gasteiger partial charge is 0.398 e. The molecule has 0 aromatic heterocycles. The first-order valence-electron chi connectivity index (χ1n) is 2.90. The lowest BCUT2D eigenvalue weighted by molar-refractivity contribution is 0.628. The van der Waals surface area contributed by atoms with Crippen LogP contribution in [-0.4, -0.2) is 4.62 Å². The first kappa shape index (κ1) is 8.20. The quantitative estimate of drug-likeness (QED) is 0.549. The lowest BCUT2D eigenvalue weighted by Gasteiger charge is -2.00. The number of hydrogen-bond donors (Lipinski definition) is 2. The molecular formula is C7H6BrFN2. The van der Waals surface area contributed by atoms with Gasteiger partial charge in [0.25, 0.3) is 0 Å². The van der Waals surface area contributed by atoms with Gasteiger partial charge in [-0.05, 0) is 34.1 Å². The summed E-state index contributed by atoms with van der Waals surface area (Å²) in [5.74, 6) is -0.389. The predicted octanol–water partition coefficient (Wildman–Crippen LogP) is 2.13. The molecule has 0 heterocycles. The van der Waals surface area contributed by atoms with E-state index in [1.165, 1.54) is 18.2 Å². The zero-order chi connectivity index (χ0) is 8.43. The highest BCUT2D eigenvalue weighted by Gasteiger charge is 2.02. The van der Waals surface area contributed by atoms with Crippen molar-refractivity contribution in [3.05, 3.63) is 29.6 Å². The minimum absolute atomic E-state index is 0.162. The maximum Gasteiger partial charge on any atom is 0.125 e. The minimum Gasteiger partial charge on any atom is -0.398 e. The maximum atomic E-state index is 12.4. The Morgan fingerprint density at radius 2 is 2.18 bits per heavy atom. The maximum absolute atomic E-state index is 12.4. The molecule has 0 bridgehead atoms. The number of hydrogen-bond acceptors (Lipinski definition) is 2. The average molecular weight is 217 g/mol. The van der Waals surface area contributed by atoms with Gasteiger partial charge in [-0.3, -0.25) is 5.41 Å². The molecule has 0 radical (unpaired) electrons. The summed E-state index contributed by atoms with van der Waals surface area (Å²) in [6.07, 6.45) is 0. The van der Waals surface area contributed by atoms with Crippen molar-refractivity contribution in [1.29, 1.82) is 5.41 Å². The van der Waals surface area contributed by atoms with Crippen LogP contribution >= 0.6 is 15.9 Å². The summed E-state index contributed by atoms with van der Waals surface area (Å²) in [7, 11) is 0. The van der Waals surface area contributed by atoms with E-state index in [4.69, 9.17) is 11.1 Å². The van der Waals surface area contributed by atoms with Crippen LogP contribution in [0.3, 0.4) is 0 Å². The molecule has 0 aliphatic carbocycles. The fourth-order valence-electron chi connectivity index (χ4n) is 0.733. The monoisotopic (exact) mass is 216 g/mol. The van der Waals surface area contributed by atoms with E-state index in [9.17, 15) is 4.39 Å². The molecule has 2 nitrogen and oxygen atoms in total. The van der Waals surface area contributed by atoms with Crippen molar-refractivity contribution in [1.82, 2.24) is 0 Å². The molecule has 1 rings (SSSR count). The average Bonchev–Trinajstić information content (AvgIpc) is 1.85. The Morgan fingerprint density at radius 3 is 2.64 bits per heavy atom. The van der Waals surface area contributed by atoms with E-state index < -0.39 is 0 Å². The predicted molar refractivity (Wildman–Crippen MR) is 46.6 cm³/mol. The molecule has 0 aliphatic rings. The Balaban J connectivity index is 3.20. The molecule has 0 unspecified atom stereocenters. The summed E-state index contributed by atoms with van der Waals surface area (Å²) < 4.78 is 12.6. The van der Waals surface area contributed by atoms with Gasteiger partial charge < -0.3 is 5.73 Å². The number of halogens is 2. The number of nitrogen functional groups attached to an aromatic ring is 1. The standard InChI is InChI=1S/C7H6BrFN2/c8-7(11)5-2-1-4(9)3-6(5)10/h1-3,11H,10H2. The fourth-order valence-corrected chi connectivity index (χ4v) is 1.09. The second kappa shape index (κ2) is 3.00. The molecule has 1 aromatic carbocycles. The molecule has 0 aliphatic heterocycles. The van der Waals surface area contributed by atoms with Gasteiger partial charge in [0.2, 0.25) is 0 Å². The molecule has 0 spiro atoms. The van der Waals surface area contributed by atoms with Crippen LogP contribution in [-0.2, 0) is 0 Å². The van der Waals surface area contributed by atoms with Crippen LogP contribution in [0, 0.1) is 11.2 Å².